The quantitative estimate of drug-likeness (QED) is 0.459. The smallest absolute Gasteiger partial charge is 0.637 e. The van der Waals surface area contributed by atoms with E-state index in [4.69, 9.17) is 15.0 Å². The third kappa shape index (κ3) is 0.913. The van der Waals surface area contributed by atoms with Crippen molar-refractivity contribution in [1.29, 1.82) is 0 Å². The van der Waals surface area contributed by atoms with E-state index >= 15 is 0 Å². The van der Waals surface area contributed by atoms with Crippen molar-refractivity contribution in [2.45, 2.75) is 12.8 Å². The molecule has 2 heterocycles. The lowest BCUT2D eigenvalue weighted by Crippen LogP contribution is -2.52. The van der Waals surface area contributed by atoms with Gasteiger partial charge in [0.05, 0.1) is 5.76 Å². The van der Waals surface area contributed by atoms with Crippen LogP contribution in [0.1, 0.15) is 12.8 Å². The molecule has 0 aliphatic carbocycles. The number of carbonyl (C=O) groups excluding carboxylic acids is 2. The highest BCUT2D eigenvalue weighted by atomic mass is 16.6. The summed E-state index contributed by atoms with van der Waals surface area (Å²) in [5.74, 6) is -0.149. The molecule has 0 saturated carbocycles. The normalized spacial score (nSPS) is 31.2. The lowest BCUT2D eigenvalue weighted by Gasteiger charge is -2.21. The molecule has 0 radical (unpaired) electrons. The summed E-state index contributed by atoms with van der Waals surface area (Å²) in [6.45, 7) is 1.22. The largest absolute Gasteiger partial charge is 0.640 e. The second-order valence-corrected chi connectivity index (χ2v) is 3.27. The van der Waals surface area contributed by atoms with Crippen LogP contribution in [0.3, 0.4) is 0 Å². The summed E-state index contributed by atoms with van der Waals surface area (Å²) in [5.41, 5.74) is 5.12. The first-order valence-corrected chi connectivity index (χ1v) is 3.92. The molecule has 2 aliphatic rings. The Kier molecular flexibility index (Phi) is 1.37. The van der Waals surface area contributed by atoms with Crippen LogP contribution in [-0.2, 0) is 14.1 Å². The van der Waals surface area contributed by atoms with Gasteiger partial charge in [-0.1, -0.05) is 6.58 Å². The lowest BCUT2D eigenvalue weighted by molar-refractivity contribution is -0.133. The predicted molar refractivity (Wildman–Crippen MR) is 44.1 cm³/mol. The van der Waals surface area contributed by atoms with E-state index < -0.39 is 18.3 Å². The zero-order valence-electron chi connectivity index (χ0n) is 6.91. The van der Waals surface area contributed by atoms with Crippen molar-refractivity contribution in [3.05, 3.63) is 18.2 Å². The number of fused-ring (bicyclic) bond motifs is 1. The molecular formula is C7H8BNO4. The van der Waals surface area contributed by atoms with Crippen LogP contribution >= 0.6 is 0 Å². The van der Waals surface area contributed by atoms with Gasteiger partial charge in [-0.15, -0.1) is 0 Å². The Bertz CT molecular complexity index is 294. The van der Waals surface area contributed by atoms with Gasteiger partial charge in [0.1, 0.15) is 12.8 Å². The number of primary amides is 1. The van der Waals surface area contributed by atoms with Gasteiger partial charge in [0.25, 0.3) is 0 Å². The molecule has 1 unspecified atom stereocenters. The number of hydrogen-bond acceptors (Lipinski definition) is 4. The summed E-state index contributed by atoms with van der Waals surface area (Å²) in [4.78, 5) is 22.0. The average molecular weight is 181 g/mol. The third-order valence-corrected chi connectivity index (χ3v) is 2.34. The Balaban J connectivity index is 2.37. The van der Waals surface area contributed by atoms with E-state index in [-0.39, 0.29) is 6.42 Å². The number of rotatable bonds is 1. The van der Waals surface area contributed by atoms with Gasteiger partial charge in [-0.25, -0.2) is 0 Å². The molecule has 2 saturated heterocycles. The van der Waals surface area contributed by atoms with E-state index in [0.29, 0.717) is 18.0 Å². The Morgan fingerprint density at radius 2 is 2.23 bits per heavy atom. The molecular weight excluding hydrogens is 173 g/mol. The van der Waals surface area contributed by atoms with Gasteiger partial charge in [0, 0.05) is 5.82 Å². The van der Waals surface area contributed by atoms with Gasteiger partial charge in [-0.05, 0) is 0 Å². The first-order valence-electron chi connectivity index (χ1n) is 3.92. The number of nitrogens with two attached hydrogens (primary N) is 1. The standard InChI is InChI=1S/C7H8BNO4/c1-4-2-5-3-6(10)13-8(5,12-4)7(9)11/h1-3H2,(H2,9,11). The zero-order valence-corrected chi connectivity index (χ0v) is 6.91. The molecule has 2 rings (SSSR count). The molecule has 0 aromatic heterocycles. The van der Waals surface area contributed by atoms with E-state index in [9.17, 15) is 9.59 Å². The first-order chi connectivity index (χ1) is 6.04. The van der Waals surface area contributed by atoms with Crippen molar-refractivity contribution in [3.8, 4) is 0 Å². The highest BCUT2D eigenvalue weighted by molar-refractivity contribution is 7.03. The Labute approximate surface area is 74.8 Å². The maximum Gasteiger partial charge on any atom is 0.640 e. The lowest BCUT2D eigenvalue weighted by atomic mass is 9.48. The van der Waals surface area contributed by atoms with Gasteiger partial charge in [-0.2, -0.15) is 0 Å². The summed E-state index contributed by atoms with van der Waals surface area (Å²) in [6, 6.07) is 0. The van der Waals surface area contributed by atoms with E-state index in [1.54, 1.807) is 0 Å². The van der Waals surface area contributed by atoms with E-state index in [1.165, 1.54) is 0 Å². The van der Waals surface area contributed by atoms with Gasteiger partial charge in [0.15, 0.2) is 5.81 Å². The van der Waals surface area contributed by atoms with Gasteiger partial charge >= 0.3 is 12.5 Å². The average Bonchev–Trinajstić information content (AvgIpc) is 2.40. The molecule has 1 amide bonds. The minimum absolute atomic E-state index is 0.113. The molecule has 68 valence electrons. The van der Waals surface area contributed by atoms with Crippen LogP contribution in [0.5, 0.6) is 0 Å². The minimum Gasteiger partial charge on any atom is -0.637 e. The molecule has 1 atom stereocenters. The first kappa shape index (κ1) is 8.03. The molecule has 5 nitrogen and oxygen atoms in total. The fourth-order valence-corrected chi connectivity index (χ4v) is 1.78. The second-order valence-electron chi connectivity index (χ2n) is 3.27. The summed E-state index contributed by atoms with van der Waals surface area (Å²) in [7, 11) is 0. The van der Waals surface area contributed by atoms with Crippen molar-refractivity contribution in [1.82, 2.24) is 0 Å². The van der Waals surface area contributed by atoms with Crippen LogP contribution in [0, 0.1) is 5.82 Å². The highest BCUT2D eigenvalue weighted by Crippen LogP contribution is 2.43. The fourth-order valence-electron chi connectivity index (χ4n) is 1.78. The molecule has 0 aromatic carbocycles. The van der Waals surface area contributed by atoms with Crippen molar-refractivity contribution >= 4 is 18.3 Å². The predicted octanol–water partition coefficient (Wildman–Crippen LogP) is 0.0836. The molecule has 0 aromatic rings. The Morgan fingerprint density at radius 1 is 1.54 bits per heavy atom. The fraction of sp³-hybridized carbons (Fsp3) is 0.286. The van der Waals surface area contributed by atoms with Gasteiger partial charge in [-0.3, -0.25) is 4.79 Å². The van der Waals surface area contributed by atoms with E-state index in [0.717, 1.165) is 0 Å². The molecule has 2 fully saturated rings. The monoisotopic (exact) mass is 181 g/mol. The molecule has 2 aliphatic heterocycles. The number of allylic oxidation sites excluding steroid dienone is 1. The number of hydrogen-bond donors (Lipinski definition) is 1. The number of amides is 1. The zero-order chi connectivity index (χ0) is 9.64. The minimum atomic E-state index is -2.34. The summed E-state index contributed by atoms with van der Waals surface area (Å²) in [6.07, 6.45) is 0.511. The van der Waals surface area contributed by atoms with E-state index in [2.05, 4.69) is 6.58 Å². The van der Waals surface area contributed by atoms with Crippen molar-refractivity contribution in [2.75, 3.05) is 0 Å². The maximum absolute atomic E-state index is 11.1. The van der Waals surface area contributed by atoms with Crippen LogP contribution in [0.2, 0.25) is 0 Å². The van der Waals surface area contributed by atoms with Crippen molar-refractivity contribution in [3.63, 3.8) is 0 Å². The van der Waals surface area contributed by atoms with Crippen LogP contribution in [0.4, 0.5) is 4.79 Å². The summed E-state index contributed by atoms with van der Waals surface area (Å²) < 4.78 is 9.95. The van der Waals surface area contributed by atoms with E-state index in [1.807, 2.05) is 0 Å². The second kappa shape index (κ2) is 2.22. The molecule has 2 N–H and O–H groups in total. The Morgan fingerprint density at radius 3 is 2.77 bits per heavy atom. The summed E-state index contributed by atoms with van der Waals surface area (Å²) >= 11 is 0. The maximum atomic E-state index is 11.1. The van der Waals surface area contributed by atoms with Crippen molar-refractivity contribution < 1.29 is 18.9 Å². The Hall–Kier alpha value is -1.59. The molecule has 6 heteroatoms. The van der Waals surface area contributed by atoms with Crippen molar-refractivity contribution in [2.24, 2.45) is 5.73 Å². The van der Waals surface area contributed by atoms with Gasteiger partial charge < -0.3 is 19.8 Å². The molecule has 0 spiro atoms. The molecule has 0 bridgehead atoms. The third-order valence-electron chi connectivity index (χ3n) is 2.34. The number of carbonyl (C=O) groups is 2. The summed E-state index contributed by atoms with van der Waals surface area (Å²) in [5, 5.41) is 0. The SMILES string of the molecule is C=C1C[C+]2CC(=O)O[B-]2(C(N)=O)O1. The van der Waals surface area contributed by atoms with Gasteiger partial charge in [0.2, 0.25) is 0 Å². The highest BCUT2D eigenvalue weighted by Gasteiger charge is 2.67. The molecule has 13 heavy (non-hydrogen) atoms. The van der Waals surface area contributed by atoms with Crippen LogP contribution < -0.4 is 5.73 Å². The van der Waals surface area contributed by atoms with Crippen LogP contribution in [0.25, 0.3) is 0 Å². The topological polar surface area (TPSA) is 78.6 Å². The van der Waals surface area contributed by atoms with Crippen LogP contribution in [-0.4, -0.2) is 18.3 Å². The van der Waals surface area contributed by atoms with Crippen LogP contribution in [0.15, 0.2) is 12.3 Å².